The lowest BCUT2D eigenvalue weighted by Crippen LogP contribution is -2.49. The summed E-state index contributed by atoms with van der Waals surface area (Å²) in [7, 11) is 5.24. The Labute approximate surface area is 180 Å². The lowest BCUT2D eigenvalue weighted by Gasteiger charge is -2.35. The topological polar surface area (TPSA) is 45.2 Å². The van der Waals surface area contributed by atoms with E-state index < -0.39 is 0 Å². The minimum absolute atomic E-state index is 0.145. The SMILES string of the molecule is COc1cccc(CN(C)C(=O)CN2CCN(Cc3cc(C)ccc3OC)CC2)c1. The van der Waals surface area contributed by atoms with Crippen LogP contribution in [-0.2, 0) is 17.9 Å². The molecule has 2 aromatic carbocycles. The molecule has 0 radical (unpaired) electrons. The smallest absolute Gasteiger partial charge is 0.236 e. The maximum Gasteiger partial charge on any atom is 0.236 e. The van der Waals surface area contributed by atoms with E-state index in [-0.39, 0.29) is 5.91 Å². The van der Waals surface area contributed by atoms with Gasteiger partial charge in [-0.3, -0.25) is 14.6 Å². The summed E-state index contributed by atoms with van der Waals surface area (Å²) in [6.45, 7) is 7.72. The van der Waals surface area contributed by atoms with Crippen LogP contribution in [0.5, 0.6) is 11.5 Å². The van der Waals surface area contributed by atoms with E-state index in [2.05, 4.69) is 28.9 Å². The number of carbonyl (C=O) groups is 1. The van der Waals surface area contributed by atoms with E-state index in [1.54, 1.807) is 19.1 Å². The molecular weight excluding hydrogens is 378 g/mol. The molecule has 1 heterocycles. The third kappa shape index (κ3) is 5.97. The van der Waals surface area contributed by atoms with Gasteiger partial charge in [0, 0.05) is 51.9 Å². The van der Waals surface area contributed by atoms with Crippen LogP contribution in [0.3, 0.4) is 0 Å². The summed E-state index contributed by atoms with van der Waals surface area (Å²) in [6, 6.07) is 14.2. The van der Waals surface area contributed by atoms with Crippen molar-refractivity contribution in [1.29, 1.82) is 0 Å². The van der Waals surface area contributed by atoms with Crippen molar-refractivity contribution < 1.29 is 14.3 Å². The van der Waals surface area contributed by atoms with E-state index in [0.717, 1.165) is 49.8 Å². The normalized spacial score (nSPS) is 15.1. The molecule has 1 saturated heterocycles. The average molecular weight is 412 g/mol. The van der Waals surface area contributed by atoms with E-state index >= 15 is 0 Å². The Morgan fingerprint density at radius 2 is 1.73 bits per heavy atom. The Kier molecular flexibility index (Phi) is 7.71. The number of nitrogens with zero attached hydrogens (tertiary/aromatic N) is 3. The van der Waals surface area contributed by atoms with Gasteiger partial charge in [-0.15, -0.1) is 0 Å². The first-order chi connectivity index (χ1) is 14.5. The molecular formula is C24H33N3O3. The molecule has 0 bridgehead atoms. The van der Waals surface area contributed by atoms with Crippen molar-refractivity contribution in [3.63, 3.8) is 0 Å². The third-order valence-electron chi connectivity index (χ3n) is 5.63. The molecule has 1 aliphatic rings. The van der Waals surface area contributed by atoms with Gasteiger partial charge >= 0.3 is 0 Å². The number of amides is 1. The summed E-state index contributed by atoms with van der Waals surface area (Å²) in [5.74, 6) is 1.90. The van der Waals surface area contributed by atoms with E-state index in [1.807, 2.05) is 37.4 Å². The Morgan fingerprint density at radius 1 is 1.00 bits per heavy atom. The van der Waals surface area contributed by atoms with Crippen molar-refractivity contribution in [3.8, 4) is 11.5 Å². The highest BCUT2D eigenvalue weighted by atomic mass is 16.5. The lowest BCUT2D eigenvalue weighted by atomic mass is 10.1. The Morgan fingerprint density at radius 3 is 2.43 bits per heavy atom. The molecule has 0 spiro atoms. The minimum atomic E-state index is 0.145. The van der Waals surface area contributed by atoms with Crippen molar-refractivity contribution >= 4 is 5.91 Å². The zero-order chi connectivity index (χ0) is 21.5. The van der Waals surface area contributed by atoms with Gasteiger partial charge in [0.1, 0.15) is 11.5 Å². The molecule has 0 saturated carbocycles. The van der Waals surface area contributed by atoms with Gasteiger partial charge in [0.25, 0.3) is 0 Å². The van der Waals surface area contributed by atoms with Gasteiger partial charge in [-0.05, 0) is 30.7 Å². The number of piperazine rings is 1. The maximum atomic E-state index is 12.7. The number of carbonyl (C=O) groups excluding carboxylic acids is 1. The molecule has 0 atom stereocenters. The summed E-state index contributed by atoms with van der Waals surface area (Å²) in [6.07, 6.45) is 0. The highest BCUT2D eigenvalue weighted by Crippen LogP contribution is 2.22. The monoisotopic (exact) mass is 411 g/mol. The Bertz CT molecular complexity index is 847. The molecule has 30 heavy (non-hydrogen) atoms. The van der Waals surface area contributed by atoms with Gasteiger partial charge in [-0.1, -0.05) is 29.8 Å². The number of ether oxygens (including phenoxy) is 2. The average Bonchev–Trinajstić information content (AvgIpc) is 2.75. The van der Waals surface area contributed by atoms with Crippen molar-refractivity contribution in [2.75, 3.05) is 54.0 Å². The Hall–Kier alpha value is -2.57. The molecule has 1 amide bonds. The largest absolute Gasteiger partial charge is 0.497 e. The summed E-state index contributed by atoms with van der Waals surface area (Å²) in [5.41, 5.74) is 3.54. The van der Waals surface area contributed by atoms with Crippen molar-refractivity contribution in [2.24, 2.45) is 0 Å². The first kappa shape index (κ1) is 22.1. The molecule has 0 aliphatic carbocycles. The first-order valence-corrected chi connectivity index (χ1v) is 10.4. The third-order valence-corrected chi connectivity index (χ3v) is 5.63. The van der Waals surface area contributed by atoms with Gasteiger partial charge in [0.2, 0.25) is 5.91 Å². The predicted octanol–water partition coefficient (Wildman–Crippen LogP) is 2.79. The van der Waals surface area contributed by atoms with Crippen molar-refractivity contribution in [3.05, 3.63) is 59.2 Å². The molecule has 1 aliphatic heterocycles. The van der Waals surface area contributed by atoms with Crippen LogP contribution < -0.4 is 9.47 Å². The highest BCUT2D eigenvalue weighted by molar-refractivity contribution is 5.78. The summed E-state index contributed by atoms with van der Waals surface area (Å²) < 4.78 is 10.8. The molecule has 0 aromatic heterocycles. The van der Waals surface area contributed by atoms with Crippen LogP contribution in [0.2, 0.25) is 0 Å². The number of benzene rings is 2. The van der Waals surface area contributed by atoms with E-state index in [0.29, 0.717) is 13.1 Å². The number of rotatable bonds is 8. The van der Waals surface area contributed by atoms with Gasteiger partial charge in [0.05, 0.1) is 20.8 Å². The minimum Gasteiger partial charge on any atom is -0.497 e. The quantitative estimate of drug-likeness (QED) is 0.668. The Balaban J connectivity index is 1.47. The highest BCUT2D eigenvalue weighted by Gasteiger charge is 2.21. The number of likely N-dealkylation sites (N-methyl/N-ethyl adjacent to an activating group) is 1. The maximum absolute atomic E-state index is 12.7. The molecule has 0 unspecified atom stereocenters. The number of hydrogen-bond acceptors (Lipinski definition) is 5. The summed E-state index contributed by atoms with van der Waals surface area (Å²) in [4.78, 5) is 19.2. The molecule has 1 fully saturated rings. The number of hydrogen-bond donors (Lipinski definition) is 0. The number of methoxy groups -OCH3 is 2. The zero-order valence-electron chi connectivity index (χ0n) is 18.6. The predicted molar refractivity (Wildman–Crippen MR) is 119 cm³/mol. The summed E-state index contributed by atoms with van der Waals surface area (Å²) in [5, 5.41) is 0. The van der Waals surface area contributed by atoms with E-state index in [1.165, 1.54) is 11.1 Å². The van der Waals surface area contributed by atoms with Crippen LogP contribution in [0, 0.1) is 6.92 Å². The van der Waals surface area contributed by atoms with Gasteiger partial charge < -0.3 is 14.4 Å². The molecule has 0 N–H and O–H groups in total. The van der Waals surface area contributed by atoms with E-state index in [4.69, 9.17) is 9.47 Å². The number of aryl methyl sites for hydroxylation is 1. The fourth-order valence-electron chi connectivity index (χ4n) is 3.82. The summed E-state index contributed by atoms with van der Waals surface area (Å²) >= 11 is 0. The lowest BCUT2D eigenvalue weighted by molar-refractivity contribution is -0.132. The second-order valence-electron chi connectivity index (χ2n) is 7.97. The van der Waals surface area contributed by atoms with Crippen LogP contribution in [0.1, 0.15) is 16.7 Å². The molecule has 3 rings (SSSR count). The molecule has 162 valence electrons. The second-order valence-corrected chi connectivity index (χ2v) is 7.97. The molecule has 2 aromatic rings. The van der Waals surface area contributed by atoms with Crippen LogP contribution in [0.15, 0.2) is 42.5 Å². The second kappa shape index (κ2) is 10.5. The van der Waals surface area contributed by atoms with Crippen LogP contribution in [0.25, 0.3) is 0 Å². The van der Waals surface area contributed by atoms with Crippen molar-refractivity contribution in [1.82, 2.24) is 14.7 Å². The van der Waals surface area contributed by atoms with Crippen LogP contribution >= 0.6 is 0 Å². The first-order valence-electron chi connectivity index (χ1n) is 10.4. The standard InChI is InChI=1S/C24H33N3O3/c1-19-8-9-23(30-4)21(14-19)17-26-10-12-27(13-11-26)18-24(28)25(2)16-20-6-5-7-22(15-20)29-3/h5-9,14-15H,10-13,16-18H2,1-4H3. The fraction of sp³-hybridized carbons (Fsp3) is 0.458. The van der Waals surface area contributed by atoms with Gasteiger partial charge in [-0.2, -0.15) is 0 Å². The van der Waals surface area contributed by atoms with Crippen LogP contribution in [-0.4, -0.2) is 74.6 Å². The van der Waals surface area contributed by atoms with E-state index in [9.17, 15) is 4.79 Å². The van der Waals surface area contributed by atoms with Gasteiger partial charge in [-0.25, -0.2) is 0 Å². The van der Waals surface area contributed by atoms with Crippen LogP contribution in [0.4, 0.5) is 0 Å². The zero-order valence-corrected chi connectivity index (χ0v) is 18.6. The van der Waals surface area contributed by atoms with Gasteiger partial charge in [0.15, 0.2) is 0 Å². The fourth-order valence-corrected chi connectivity index (χ4v) is 3.82. The molecule has 6 heteroatoms. The molecule has 6 nitrogen and oxygen atoms in total. The van der Waals surface area contributed by atoms with Crippen molar-refractivity contribution in [2.45, 2.75) is 20.0 Å².